The van der Waals surface area contributed by atoms with Crippen LogP contribution in [-0.4, -0.2) is 17.5 Å². The molecule has 0 aliphatic heterocycles. The third kappa shape index (κ3) is 5.00. The minimum Gasteiger partial charge on any atom is -0.398 e. The summed E-state index contributed by atoms with van der Waals surface area (Å²) in [5.74, 6) is -0.784. The molecular formula is C22H19ClN4O2. The fourth-order valence-corrected chi connectivity index (χ4v) is 2.95. The molecule has 3 aromatic carbocycles. The monoisotopic (exact) mass is 406 g/mol. The van der Waals surface area contributed by atoms with Crippen molar-refractivity contribution in [3.8, 4) is 0 Å². The van der Waals surface area contributed by atoms with Crippen molar-refractivity contribution in [1.82, 2.24) is 0 Å². The summed E-state index contributed by atoms with van der Waals surface area (Å²) in [5, 5.41) is 11.9. The highest BCUT2D eigenvalue weighted by Gasteiger charge is 2.13. The van der Waals surface area contributed by atoms with Crippen LogP contribution < -0.4 is 16.8 Å². The van der Waals surface area contributed by atoms with E-state index in [2.05, 4.69) is 5.32 Å². The van der Waals surface area contributed by atoms with Crippen molar-refractivity contribution in [3.05, 3.63) is 94.0 Å². The van der Waals surface area contributed by atoms with E-state index >= 15 is 0 Å². The Morgan fingerprint density at radius 3 is 2.38 bits per heavy atom. The molecule has 0 aromatic heterocycles. The van der Waals surface area contributed by atoms with Gasteiger partial charge in [0.05, 0.1) is 12.1 Å². The number of hydrogen-bond acceptors (Lipinski definition) is 4. The fourth-order valence-electron chi connectivity index (χ4n) is 2.83. The lowest BCUT2D eigenvalue weighted by molar-refractivity contribution is -0.115. The zero-order chi connectivity index (χ0) is 21.0. The molecule has 146 valence electrons. The van der Waals surface area contributed by atoms with Crippen molar-refractivity contribution in [2.75, 3.05) is 11.1 Å². The summed E-state index contributed by atoms with van der Waals surface area (Å²) < 4.78 is 0. The maximum atomic E-state index is 12.3. The zero-order valence-electron chi connectivity index (χ0n) is 15.4. The Morgan fingerprint density at radius 1 is 0.966 bits per heavy atom. The van der Waals surface area contributed by atoms with Gasteiger partial charge in [0.25, 0.3) is 0 Å². The molecule has 0 fully saturated rings. The van der Waals surface area contributed by atoms with Gasteiger partial charge >= 0.3 is 0 Å². The summed E-state index contributed by atoms with van der Waals surface area (Å²) in [7, 11) is 0. The number of nitrogens with one attached hydrogen (secondary N) is 2. The van der Waals surface area contributed by atoms with Gasteiger partial charge in [-0.15, -0.1) is 0 Å². The van der Waals surface area contributed by atoms with Gasteiger partial charge in [0.2, 0.25) is 11.8 Å². The molecule has 0 bridgehead atoms. The van der Waals surface area contributed by atoms with Crippen LogP contribution in [0.1, 0.15) is 27.0 Å². The molecule has 3 rings (SSSR count). The van der Waals surface area contributed by atoms with E-state index in [1.54, 1.807) is 54.6 Å². The molecule has 29 heavy (non-hydrogen) atoms. The van der Waals surface area contributed by atoms with E-state index in [0.717, 1.165) is 5.56 Å². The molecule has 0 radical (unpaired) electrons. The van der Waals surface area contributed by atoms with Gasteiger partial charge in [0.1, 0.15) is 0 Å². The van der Waals surface area contributed by atoms with E-state index < -0.39 is 5.91 Å². The van der Waals surface area contributed by atoms with Crippen LogP contribution in [0.25, 0.3) is 0 Å². The quantitative estimate of drug-likeness (QED) is 0.369. The molecule has 0 heterocycles. The average Bonchev–Trinajstić information content (AvgIpc) is 2.69. The van der Waals surface area contributed by atoms with Crippen molar-refractivity contribution >= 4 is 40.5 Å². The van der Waals surface area contributed by atoms with Crippen LogP contribution in [0, 0.1) is 5.41 Å². The van der Waals surface area contributed by atoms with Crippen molar-refractivity contribution in [2.24, 2.45) is 5.73 Å². The maximum absolute atomic E-state index is 12.3. The van der Waals surface area contributed by atoms with Gasteiger partial charge in [-0.25, -0.2) is 0 Å². The van der Waals surface area contributed by atoms with E-state index in [-0.39, 0.29) is 23.6 Å². The topological polar surface area (TPSA) is 122 Å². The van der Waals surface area contributed by atoms with Gasteiger partial charge in [0.15, 0.2) is 0 Å². The molecule has 0 spiro atoms. The molecule has 0 aliphatic carbocycles. The first-order chi connectivity index (χ1) is 13.8. The van der Waals surface area contributed by atoms with Gasteiger partial charge in [0, 0.05) is 33.1 Å². The maximum Gasteiger partial charge on any atom is 0.248 e. The summed E-state index contributed by atoms with van der Waals surface area (Å²) >= 11 is 5.86. The Morgan fingerprint density at radius 2 is 1.69 bits per heavy atom. The van der Waals surface area contributed by atoms with Gasteiger partial charge in [-0.3, -0.25) is 15.0 Å². The second kappa shape index (κ2) is 8.58. The number of benzene rings is 3. The summed E-state index contributed by atoms with van der Waals surface area (Å²) in [4.78, 5) is 23.7. The van der Waals surface area contributed by atoms with E-state index in [1.165, 1.54) is 12.1 Å². The van der Waals surface area contributed by atoms with Gasteiger partial charge in [-0.2, -0.15) is 0 Å². The first-order valence-corrected chi connectivity index (χ1v) is 9.14. The van der Waals surface area contributed by atoms with Crippen LogP contribution in [0.4, 0.5) is 11.4 Å². The standard InChI is InChI=1S/C22H19ClN4O2/c23-16-7-4-13(5-8-16)10-20(28)27-17-3-1-2-14(11-17)21(25)18-12-15(22(26)29)6-9-19(18)24/h1-9,11-12,25H,10,24H2,(H2,26,29)(H,27,28). The first kappa shape index (κ1) is 20.1. The summed E-state index contributed by atoms with van der Waals surface area (Å²) in [5.41, 5.74) is 14.4. The van der Waals surface area contributed by atoms with Crippen molar-refractivity contribution in [1.29, 1.82) is 5.41 Å². The Hall–Kier alpha value is -3.64. The largest absolute Gasteiger partial charge is 0.398 e. The lowest BCUT2D eigenvalue weighted by atomic mass is 9.98. The smallest absolute Gasteiger partial charge is 0.248 e. The van der Waals surface area contributed by atoms with E-state index in [1.807, 2.05) is 0 Å². The van der Waals surface area contributed by atoms with Gasteiger partial charge in [-0.05, 0) is 48.0 Å². The summed E-state index contributed by atoms with van der Waals surface area (Å²) in [6, 6.07) is 18.5. The molecule has 0 aliphatic rings. The fraction of sp³-hybridized carbons (Fsp3) is 0.0455. The number of carbonyl (C=O) groups excluding carboxylic acids is 2. The van der Waals surface area contributed by atoms with E-state index in [9.17, 15) is 9.59 Å². The third-order valence-electron chi connectivity index (χ3n) is 4.32. The molecular weight excluding hydrogens is 388 g/mol. The second-order valence-corrected chi connectivity index (χ2v) is 6.91. The predicted molar refractivity (Wildman–Crippen MR) is 116 cm³/mol. The molecule has 0 saturated heterocycles. The Kier molecular flexibility index (Phi) is 5.95. The lowest BCUT2D eigenvalue weighted by Crippen LogP contribution is -2.15. The number of anilines is 2. The van der Waals surface area contributed by atoms with E-state index in [4.69, 9.17) is 28.5 Å². The Bertz CT molecular complexity index is 1090. The molecule has 0 saturated carbocycles. The number of primary amides is 1. The zero-order valence-corrected chi connectivity index (χ0v) is 16.2. The summed E-state index contributed by atoms with van der Waals surface area (Å²) in [6.07, 6.45) is 0.201. The molecule has 6 nitrogen and oxygen atoms in total. The molecule has 7 heteroatoms. The Labute approximate surface area is 173 Å². The molecule has 6 N–H and O–H groups in total. The minimum atomic E-state index is -0.595. The van der Waals surface area contributed by atoms with Crippen LogP contribution in [0.5, 0.6) is 0 Å². The second-order valence-electron chi connectivity index (χ2n) is 6.47. The molecule has 3 aromatic rings. The molecule has 0 unspecified atom stereocenters. The number of halogens is 1. The first-order valence-electron chi connectivity index (χ1n) is 8.76. The van der Waals surface area contributed by atoms with Crippen LogP contribution >= 0.6 is 11.6 Å². The highest BCUT2D eigenvalue weighted by molar-refractivity contribution is 6.30. The average molecular weight is 407 g/mol. The van der Waals surface area contributed by atoms with Crippen LogP contribution in [-0.2, 0) is 11.2 Å². The lowest BCUT2D eigenvalue weighted by Gasteiger charge is -2.11. The van der Waals surface area contributed by atoms with Crippen molar-refractivity contribution < 1.29 is 9.59 Å². The summed E-state index contributed by atoms with van der Waals surface area (Å²) in [6.45, 7) is 0. The minimum absolute atomic E-state index is 0.124. The predicted octanol–water partition coefficient (Wildman–Crippen LogP) is 3.62. The van der Waals surface area contributed by atoms with Crippen molar-refractivity contribution in [3.63, 3.8) is 0 Å². The number of amides is 2. The van der Waals surface area contributed by atoms with Crippen LogP contribution in [0.15, 0.2) is 66.7 Å². The third-order valence-corrected chi connectivity index (χ3v) is 4.57. The van der Waals surface area contributed by atoms with Crippen LogP contribution in [0.2, 0.25) is 5.02 Å². The highest BCUT2D eigenvalue weighted by atomic mass is 35.5. The molecule has 2 amide bonds. The Balaban J connectivity index is 1.78. The number of hydrogen-bond donors (Lipinski definition) is 4. The number of nitrogen functional groups attached to an aromatic ring is 1. The SMILES string of the molecule is N=C(c1cccc(NC(=O)Cc2ccc(Cl)cc2)c1)c1cc(C(N)=O)ccc1N. The normalized spacial score (nSPS) is 10.4. The van der Waals surface area contributed by atoms with Gasteiger partial charge < -0.3 is 16.8 Å². The van der Waals surface area contributed by atoms with Crippen LogP contribution in [0.3, 0.4) is 0 Å². The van der Waals surface area contributed by atoms with E-state index in [0.29, 0.717) is 27.5 Å². The number of nitrogens with two attached hydrogens (primary N) is 2. The number of carbonyl (C=O) groups is 2. The molecule has 0 atom stereocenters. The number of rotatable bonds is 6. The highest BCUT2D eigenvalue weighted by Crippen LogP contribution is 2.21. The van der Waals surface area contributed by atoms with Crippen molar-refractivity contribution in [2.45, 2.75) is 6.42 Å². The van der Waals surface area contributed by atoms with Gasteiger partial charge in [-0.1, -0.05) is 35.9 Å².